The van der Waals surface area contributed by atoms with Gasteiger partial charge >= 0.3 is 0 Å². The number of hydrogen-bond acceptors (Lipinski definition) is 4. The Labute approximate surface area is 167 Å². The fourth-order valence-corrected chi connectivity index (χ4v) is 5.25. The molecule has 1 N–H and O–H groups in total. The molecule has 0 aromatic heterocycles. The molecule has 2 heterocycles. The molecular weight excluding hydrogens is 378 g/mol. The van der Waals surface area contributed by atoms with Gasteiger partial charge in [-0.15, -0.1) is 0 Å². The van der Waals surface area contributed by atoms with Crippen molar-refractivity contribution in [1.82, 2.24) is 9.62 Å². The summed E-state index contributed by atoms with van der Waals surface area (Å²) >= 11 is 0. The van der Waals surface area contributed by atoms with E-state index in [1.54, 1.807) is 23.1 Å². The van der Waals surface area contributed by atoms with E-state index in [-0.39, 0.29) is 22.8 Å². The van der Waals surface area contributed by atoms with Crippen molar-refractivity contribution in [3.8, 4) is 0 Å². The summed E-state index contributed by atoms with van der Waals surface area (Å²) in [5, 5.41) is 0. The van der Waals surface area contributed by atoms with Gasteiger partial charge in [-0.05, 0) is 49.4 Å². The van der Waals surface area contributed by atoms with Crippen LogP contribution in [-0.4, -0.2) is 50.8 Å². The van der Waals surface area contributed by atoms with Crippen molar-refractivity contribution in [3.63, 3.8) is 0 Å². The maximum Gasteiger partial charge on any atom is 0.240 e. The minimum atomic E-state index is -3.63. The standard InChI is InChI=1S/C20H29N3O4S/c1-3-4-5-20(25)22-11-9-17(10-12-22)21-28(26,27)18-6-7-19-16(14-18)8-13-23(19)15(2)24/h6-7,14,17,21H,3-5,8-13H2,1-2H3. The lowest BCUT2D eigenvalue weighted by molar-refractivity contribution is -0.132. The van der Waals surface area contributed by atoms with E-state index < -0.39 is 10.0 Å². The molecule has 0 atom stereocenters. The van der Waals surface area contributed by atoms with Gasteiger partial charge in [-0.3, -0.25) is 9.59 Å². The zero-order valence-corrected chi connectivity index (χ0v) is 17.4. The lowest BCUT2D eigenvalue weighted by Gasteiger charge is -2.32. The highest BCUT2D eigenvalue weighted by Crippen LogP contribution is 2.30. The molecule has 1 aromatic carbocycles. The Kier molecular flexibility index (Phi) is 6.40. The van der Waals surface area contributed by atoms with Gasteiger partial charge in [0.2, 0.25) is 21.8 Å². The third-order valence-corrected chi connectivity index (χ3v) is 7.07. The fourth-order valence-electron chi connectivity index (χ4n) is 3.89. The summed E-state index contributed by atoms with van der Waals surface area (Å²) in [5.74, 6) is 0.129. The number of hydrogen-bond donors (Lipinski definition) is 1. The number of fused-ring (bicyclic) bond motifs is 1. The molecule has 2 amide bonds. The van der Waals surface area contributed by atoms with Crippen molar-refractivity contribution in [1.29, 1.82) is 0 Å². The van der Waals surface area contributed by atoms with Gasteiger partial charge in [0.05, 0.1) is 4.90 Å². The van der Waals surface area contributed by atoms with Gasteiger partial charge in [0.25, 0.3) is 0 Å². The molecule has 0 saturated carbocycles. The number of piperidine rings is 1. The number of carbonyl (C=O) groups excluding carboxylic acids is 2. The number of likely N-dealkylation sites (tertiary alicyclic amines) is 1. The molecule has 7 nitrogen and oxygen atoms in total. The second-order valence-electron chi connectivity index (χ2n) is 7.59. The van der Waals surface area contributed by atoms with Crippen LogP contribution < -0.4 is 9.62 Å². The first-order valence-electron chi connectivity index (χ1n) is 10.0. The van der Waals surface area contributed by atoms with Crippen LogP contribution >= 0.6 is 0 Å². The average Bonchev–Trinajstić information content (AvgIpc) is 3.10. The quantitative estimate of drug-likeness (QED) is 0.782. The molecule has 0 spiro atoms. The average molecular weight is 408 g/mol. The molecule has 0 aliphatic carbocycles. The van der Waals surface area contributed by atoms with Crippen molar-refractivity contribution in [3.05, 3.63) is 23.8 Å². The van der Waals surface area contributed by atoms with Gasteiger partial charge in [-0.25, -0.2) is 13.1 Å². The molecule has 2 aliphatic rings. The summed E-state index contributed by atoms with van der Waals surface area (Å²) in [7, 11) is -3.63. The number of sulfonamides is 1. The number of nitrogens with zero attached hydrogens (tertiary/aromatic N) is 2. The Bertz CT molecular complexity index is 845. The Morgan fingerprint density at radius 3 is 2.54 bits per heavy atom. The number of rotatable bonds is 6. The van der Waals surface area contributed by atoms with E-state index in [1.165, 1.54) is 6.92 Å². The first kappa shape index (κ1) is 20.8. The molecule has 1 saturated heterocycles. The van der Waals surface area contributed by atoms with Crippen molar-refractivity contribution >= 4 is 27.5 Å². The van der Waals surface area contributed by atoms with E-state index in [2.05, 4.69) is 11.6 Å². The van der Waals surface area contributed by atoms with Crippen molar-refractivity contribution in [2.24, 2.45) is 0 Å². The van der Waals surface area contributed by atoms with Gasteiger partial charge in [0.15, 0.2) is 0 Å². The van der Waals surface area contributed by atoms with Crippen LogP contribution in [0.15, 0.2) is 23.1 Å². The van der Waals surface area contributed by atoms with Crippen LogP contribution in [-0.2, 0) is 26.0 Å². The minimum Gasteiger partial charge on any atom is -0.343 e. The first-order valence-corrected chi connectivity index (χ1v) is 11.5. The van der Waals surface area contributed by atoms with Crippen molar-refractivity contribution < 1.29 is 18.0 Å². The summed E-state index contributed by atoms with van der Waals surface area (Å²) in [6, 6.07) is 4.78. The molecule has 0 bridgehead atoms. The Morgan fingerprint density at radius 2 is 1.89 bits per heavy atom. The first-order chi connectivity index (χ1) is 13.3. The molecule has 8 heteroatoms. The van der Waals surface area contributed by atoms with Crippen molar-refractivity contribution in [2.45, 2.75) is 63.3 Å². The highest BCUT2D eigenvalue weighted by Gasteiger charge is 2.28. The molecule has 154 valence electrons. The zero-order chi connectivity index (χ0) is 20.3. The van der Waals surface area contributed by atoms with E-state index in [0.717, 1.165) is 24.1 Å². The van der Waals surface area contributed by atoms with Crippen LogP contribution in [0, 0.1) is 0 Å². The predicted molar refractivity (Wildman–Crippen MR) is 108 cm³/mol. The van der Waals surface area contributed by atoms with Crippen LogP contribution in [0.25, 0.3) is 0 Å². The maximum atomic E-state index is 12.8. The molecule has 1 aromatic rings. The number of amides is 2. The number of carbonyl (C=O) groups is 2. The number of nitrogens with one attached hydrogen (secondary N) is 1. The Balaban J connectivity index is 1.61. The third kappa shape index (κ3) is 4.55. The summed E-state index contributed by atoms with van der Waals surface area (Å²) < 4.78 is 28.4. The summed E-state index contributed by atoms with van der Waals surface area (Å²) in [4.78, 5) is 27.5. The summed E-state index contributed by atoms with van der Waals surface area (Å²) in [6.07, 6.45) is 4.37. The second kappa shape index (κ2) is 8.61. The second-order valence-corrected chi connectivity index (χ2v) is 9.31. The van der Waals surface area contributed by atoms with Gasteiger partial charge in [-0.2, -0.15) is 0 Å². The van der Waals surface area contributed by atoms with Crippen LogP contribution in [0.4, 0.5) is 5.69 Å². The van der Waals surface area contributed by atoms with Crippen LogP contribution in [0.2, 0.25) is 0 Å². The topological polar surface area (TPSA) is 86.8 Å². The summed E-state index contributed by atoms with van der Waals surface area (Å²) in [6.45, 7) is 5.35. The van der Waals surface area contributed by atoms with E-state index in [4.69, 9.17) is 0 Å². The molecule has 28 heavy (non-hydrogen) atoms. The smallest absolute Gasteiger partial charge is 0.240 e. The molecule has 0 radical (unpaired) electrons. The number of unbranched alkanes of at least 4 members (excludes halogenated alkanes) is 1. The molecule has 0 unspecified atom stereocenters. The third-order valence-electron chi connectivity index (χ3n) is 5.55. The van der Waals surface area contributed by atoms with Crippen LogP contribution in [0.1, 0.15) is 51.5 Å². The molecular formula is C20H29N3O4S. The monoisotopic (exact) mass is 407 g/mol. The van der Waals surface area contributed by atoms with Gasteiger partial charge in [-0.1, -0.05) is 13.3 Å². The SMILES string of the molecule is CCCCC(=O)N1CCC(NS(=O)(=O)c2ccc3c(c2)CCN3C(C)=O)CC1. The predicted octanol–water partition coefficient (Wildman–Crippen LogP) is 2.06. The number of anilines is 1. The molecule has 2 aliphatic heterocycles. The Morgan fingerprint density at radius 1 is 1.18 bits per heavy atom. The van der Waals surface area contributed by atoms with E-state index in [1.807, 2.05) is 4.90 Å². The molecule has 1 fully saturated rings. The minimum absolute atomic E-state index is 0.0345. The van der Waals surface area contributed by atoms with Gasteiger partial charge in [0.1, 0.15) is 0 Å². The molecule has 3 rings (SSSR count). The van der Waals surface area contributed by atoms with Crippen molar-refractivity contribution in [2.75, 3.05) is 24.5 Å². The lowest BCUT2D eigenvalue weighted by atomic mass is 10.1. The largest absolute Gasteiger partial charge is 0.343 e. The van der Waals surface area contributed by atoms with Gasteiger partial charge in [0, 0.05) is 44.7 Å². The normalized spacial score (nSPS) is 17.6. The fraction of sp³-hybridized carbons (Fsp3) is 0.600. The van der Waals surface area contributed by atoms with E-state index in [0.29, 0.717) is 45.3 Å². The van der Waals surface area contributed by atoms with Crippen LogP contribution in [0.5, 0.6) is 0 Å². The Hall–Kier alpha value is -1.93. The highest BCUT2D eigenvalue weighted by atomic mass is 32.2. The van der Waals surface area contributed by atoms with E-state index >= 15 is 0 Å². The van der Waals surface area contributed by atoms with E-state index in [9.17, 15) is 18.0 Å². The zero-order valence-electron chi connectivity index (χ0n) is 16.6. The highest BCUT2D eigenvalue weighted by molar-refractivity contribution is 7.89. The summed E-state index contributed by atoms with van der Waals surface area (Å²) in [5.41, 5.74) is 1.68. The van der Waals surface area contributed by atoms with Gasteiger partial charge < -0.3 is 9.80 Å². The number of benzene rings is 1. The lowest BCUT2D eigenvalue weighted by Crippen LogP contribution is -2.46. The maximum absolute atomic E-state index is 12.8. The van der Waals surface area contributed by atoms with Crippen LogP contribution in [0.3, 0.4) is 0 Å².